The first-order chi connectivity index (χ1) is 27.7. The molecule has 2 heterocycles. The van der Waals surface area contributed by atoms with Gasteiger partial charge < -0.3 is 8.83 Å². The standard InChI is InChI=1S/C54H38O2/c1-32-37-16-7-8-18-40(37)43-21-11-12-22-44(43)51(32)36-25-28-50-46(30-36)48-31-47-45-29-35(39-26-23-33-13-5-6-17-38(33)41-19-9-10-20-42(39)41)24-27-49(45)55-53(47)52(54(48)56-50)34-14-3-2-4-15-34/h2-22,24-25,27-32,39,51H,23,26H2,1H3. The zero-order valence-corrected chi connectivity index (χ0v) is 31.1. The van der Waals surface area contributed by atoms with Gasteiger partial charge in [0.1, 0.15) is 22.3 Å². The number of furan rings is 2. The smallest absolute Gasteiger partial charge is 0.147 e. The fraction of sp³-hybridized carbons (Fsp3) is 0.111. The predicted octanol–water partition coefficient (Wildman–Crippen LogP) is 14.8. The van der Waals surface area contributed by atoms with Gasteiger partial charge in [0.05, 0.1) is 5.56 Å². The normalized spacial score (nSPS) is 17.4. The summed E-state index contributed by atoms with van der Waals surface area (Å²) in [5.74, 6) is 0.813. The molecule has 0 radical (unpaired) electrons. The summed E-state index contributed by atoms with van der Waals surface area (Å²) in [6.45, 7) is 2.38. The molecule has 266 valence electrons. The molecule has 3 atom stereocenters. The van der Waals surface area contributed by atoms with Crippen molar-refractivity contribution in [3.8, 4) is 33.4 Å². The van der Waals surface area contributed by atoms with Crippen LogP contribution in [0.3, 0.4) is 0 Å². The van der Waals surface area contributed by atoms with Crippen molar-refractivity contribution >= 4 is 43.9 Å². The third kappa shape index (κ3) is 4.62. The molecule has 3 unspecified atom stereocenters. The van der Waals surface area contributed by atoms with Crippen LogP contribution in [0.2, 0.25) is 0 Å². The van der Waals surface area contributed by atoms with Crippen molar-refractivity contribution in [3.63, 3.8) is 0 Å². The van der Waals surface area contributed by atoms with E-state index in [4.69, 9.17) is 8.83 Å². The molecule has 2 nitrogen and oxygen atoms in total. The molecule has 0 spiro atoms. The quantitative estimate of drug-likeness (QED) is 0.182. The Hall–Kier alpha value is -6.64. The van der Waals surface area contributed by atoms with E-state index in [0.717, 1.165) is 67.8 Å². The van der Waals surface area contributed by atoms with Crippen LogP contribution < -0.4 is 0 Å². The lowest BCUT2D eigenvalue weighted by molar-refractivity contribution is 0.647. The van der Waals surface area contributed by atoms with E-state index in [1.165, 1.54) is 55.6 Å². The molecule has 0 aliphatic heterocycles. The van der Waals surface area contributed by atoms with Crippen LogP contribution in [0.1, 0.15) is 64.5 Å². The Labute approximate surface area is 325 Å². The lowest BCUT2D eigenvalue weighted by Crippen LogP contribution is -2.16. The Morgan fingerprint density at radius 3 is 1.70 bits per heavy atom. The SMILES string of the molecule is CC1c2ccccc2-c2ccccc2C1c1ccc2oc3c(-c4ccccc4)c4oc5ccc(C6CCc7ccccc7-c7ccccc76)cc5c4cc3c2c1. The summed E-state index contributed by atoms with van der Waals surface area (Å²) in [6, 6.07) is 62.5. The van der Waals surface area contributed by atoms with E-state index in [-0.39, 0.29) is 11.8 Å². The molecule has 56 heavy (non-hydrogen) atoms. The average Bonchev–Trinajstić information content (AvgIpc) is 3.75. The molecule has 2 aromatic heterocycles. The third-order valence-corrected chi connectivity index (χ3v) is 13.0. The van der Waals surface area contributed by atoms with Gasteiger partial charge in [0.15, 0.2) is 0 Å². The maximum Gasteiger partial charge on any atom is 0.147 e. The van der Waals surface area contributed by atoms with E-state index < -0.39 is 0 Å². The van der Waals surface area contributed by atoms with Gasteiger partial charge in [-0.2, -0.15) is 0 Å². The largest absolute Gasteiger partial charge is 0.455 e. The highest BCUT2D eigenvalue weighted by Gasteiger charge is 2.32. The van der Waals surface area contributed by atoms with Crippen LogP contribution in [0, 0.1) is 0 Å². The summed E-state index contributed by atoms with van der Waals surface area (Å²) in [5.41, 5.74) is 19.2. The lowest BCUT2D eigenvalue weighted by Gasteiger charge is -2.34. The minimum atomic E-state index is 0.221. The number of rotatable bonds is 3. The van der Waals surface area contributed by atoms with Crippen LogP contribution in [-0.4, -0.2) is 0 Å². The molecule has 0 fully saturated rings. The highest BCUT2D eigenvalue weighted by atomic mass is 16.3. The topological polar surface area (TPSA) is 26.3 Å². The summed E-state index contributed by atoms with van der Waals surface area (Å²) in [7, 11) is 0. The van der Waals surface area contributed by atoms with Crippen LogP contribution in [0.4, 0.5) is 0 Å². The Bertz CT molecular complexity index is 3180. The second kappa shape index (κ2) is 12.2. The Morgan fingerprint density at radius 2 is 0.982 bits per heavy atom. The molecule has 0 bridgehead atoms. The molecule has 10 aromatic rings. The molecule has 2 aliphatic carbocycles. The molecule has 0 N–H and O–H groups in total. The predicted molar refractivity (Wildman–Crippen MR) is 231 cm³/mol. The second-order valence-electron chi connectivity index (χ2n) is 15.9. The van der Waals surface area contributed by atoms with Crippen molar-refractivity contribution in [1.29, 1.82) is 0 Å². The van der Waals surface area contributed by atoms with Crippen molar-refractivity contribution in [2.24, 2.45) is 0 Å². The zero-order chi connectivity index (χ0) is 36.9. The first-order valence-corrected chi connectivity index (χ1v) is 20.0. The number of fused-ring (bicyclic) bond motifs is 12. The molecule has 8 aromatic carbocycles. The van der Waals surface area contributed by atoms with Gasteiger partial charge in [0, 0.05) is 33.4 Å². The van der Waals surface area contributed by atoms with Gasteiger partial charge in [-0.05, 0) is 110 Å². The average molecular weight is 719 g/mol. The molecular weight excluding hydrogens is 681 g/mol. The summed E-state index contributed by atoms with van der Waals surface area (Å²) in [4.78, 5) is 0. The Kier molecular flexibility index (Phi) is 6.89. The van der Waals surface area contributed by atoms with Crippen LogP contribution >= 0.6 is 0 Å². The Balaban J connectivity index is 1.08. The van der Waals surface area contributed by atoms with Crippen molar-refractivity contribution in [1.82, 2.24) is 0 Å². The molecule has 0 amide bonds. The number of benzene rings is 8. The monoisotopic (exact) mass is 718 g/mol. The second-order valence-corrected chi connectivity index (χ2v) is 15.9. The van der Waals surface area contributed by atoms with Crippen LogP contribution in [0.25, 0.3) is 77.3 Å². The van der Waals surface area contributed by atoms with Crippen LogP contribution in [0.15, 0.2) is 179 Å². The fourth-order valence-corrected chi connectivity index (χ4v) is 10.4. The van der Waals surface area contributed by atoms with E-state index in [1.807, 2.05) is 0 Å². The number of hydrogen-bond acceptors (Lipinski definition) is 2. The summed E-state index contributed by atoms with van der Waals surface area (Å²) >= 11 is 0. The van der Waals surface area contributed by atoms with Crippen molar-refractivity contribution in [2.75, 3.05) is 0 Å². The Morgan fingerprint density at radius 1 is 0.446 bits per heavy atom. The maximum atomic E-state index is 6.88. The highest BCUT2D eigenvalue weighted by molar-refractivity contribution is 6.22. The van der Waals surface area contributed by atoms with E-state index >= 15 is 0 Å². The first-order valence-electron chi connectivity index (χ1n) is 20.0. The minimum absolute atomic E-state index is 0.221. The number of hydrogen-bond donors (Lipinski definition) is 0. The summed E-state index contributed by atoms with van der Waals surface area (Å²) in [5, 5.41) is 4.53. The van der Waals surface area contributed by atoms with Gasteiger partial charge in [0.25, 0.3) is 0 Å². The fourth-order valence-electron chi connectivity index (χ4n) is 10.4. The summed E-state index contributed by atoms with van der Waals surface area (Å²) < 4.78 is 13.8. The van der Waals surface area contributed by atoms with Crippen molar-refractivity contribution in [2.45, 2.75) is 37.5 Å². The van der Waals surface area contributed by atoms with Gasteiger partial charge in [-0.1, -0.05) is 146 Å². The lowest BCUT2D eigenvalue weighted by atomic mass is 9.69. The maximum absolute atomic E-state index is 6.88. The third-order valence-electron chi connectivity index (χ3n) is 13.0. The van der Waals surface area contributed by atoms with E-state index in [1.54, 1.807) is 0 Å². The van der Waals surface area contributed by atoms with Gasteiger partial charge in [-0.15, -0.1) is 0 Å². The molecular formula is C54H38O2. The molecule has 2 aliphatic rings. The molecule has 12 rings (SSSR count). The molecule has 0 saturated heterocycles. The first kappa shape index (κ1) is 31.7. The van der Waals surface area contributed by atoms with Gasteiger partial charge in [0.2, 0.25) is 0 Å². The van der Waals surface area contributed by atoms with Gasteiger partial charge in [-0.3, -0.25) is 0 Å². The van der Waals surface area contributed by atoms with E-state index in [9.17, 15) is 0 Å². The van der Waals surface area contributed by atoms with Gasteiger partial charge in [-0.25, -0.2) is 0 Å². The highest BCUT2D eigenvalue weighted by Crippen LogP contribution is 2.51. The van der Waals surface area contributed by atoms with Gasteiger partial charge >= 0.3 is 0 Å². The van der Waals surface area contributed by atoms with Crippen LogP contribution in [-0.2, 0) is 6.42 Å². The minimum Gasteiger partial charge on any atom is -0.455 e. The van der Waals surface area contributed by atoms with Crippen molar-refractivity contribution in [3.05, 3.63) is 203 Å². The molecule has 0 saturated carbocycles. The zero-order valence-electron chi connectivity index (χ0n) is 31.1. The van der Waals surface area contributed by atoms with Crippen LogP contribution in [0.5, 0.6) is 0 Å². The van der Waals surface area contributed by atoms with E-state index in [0.29, 0.717) is 5.92 Å². The number of aryl methyl sites for hydroxylation is 1. The van der Waals surface area contributed by atoms with E-state index in [2.05, 4.69) is 177 Å². The molecule has 2 heteroatoms. The van der Waals surface area contributed by atoms with Crippen molar-refractivity contribution < 1.29 is 8.83 Å². The summed E-state index contributed by atoms with van der Waals surface area (Å²) in [6.07, 6.45) is 2.09.